The van der Waals surface area contributed by atoms with Gasteiger partial charge in [0.25, 0.3) is 0 Å². The Labute approximate surface area is 122 Å². The third-order valence-corrected chi connectivity index (χ3v) is 5.21. The fourth-order valence-electron chi connectivity index (χ4n) is 1.96. The number of hydrogen-bond acceptors (Lipinski definition) is 4. The van der Waals surface area contributed by atoms with Crippen LogP contribution in [0.25, 0.3) is 0 Å². The molecule has 1 aromatic carbocycles. The summed E-state index contributed by atoms with van der Waals surface area (Å²) in [6.07, 6.45) is -0.482. The van der Waals surface area contributed by atoms with Crippen molar-refractivity contribution in [3.05, 3.63) is 34.6 Å². The lowest BCUT2D eigenvalue weighted by Gasteiger charge is -2.17. The molecule has 1 N–H and O–H groups in total. The smallest absolute Gasteiger partial charge is 0.219 e. The van der Waals surface area contributed by atoms with Gasteiger partial charge in [-0.25, -0.2) is 17.5 Å². The summed E-state index contributed by atoms with van der Waals surface area (Å²) in [5, 5.41) is -0.788. The van der Waals surface area contributed by atoms with Crippen molar-refractivity contribution in [2.24, 2.45) is 0 Å². The van der Waals surface area contributed by atoms with Crippen LogP contribution in [0.1, 0.15) is 5.56 Å². The molecule has 1 fully saturated rings. The van der Waals surface area contributed by atoms with E-state index in [2.05, 4.69) is 4.72 Å². The van der Waals surface area contributed by atoms with Gasteiger partial charge in [0.05, 0.1) is 18.2 Å². The second-order valence-electron chi connectivity index (χ2n) is 4.46. The molecular weight excluding hydrogens is 309 g/mol. The Morgan fingerprint density at radius 2 is 2.25 bits per heavy atom. The SMILES string of the molecule is COC1COCC1S(=O)(=O)NCc1ccc(F)c(Cl)c1. The van der Waals surface area contributed by atoms with E-state index in [9.17, 15) is 12.8 Å². The van der Waals surface area contributed by atoms with E-state index in [1.165, 1.54) is 25.3 Å². The second kappa shape index (κ2) is 6.36. The predicted octanol–water partition coefficient (Wildman–Crippen LogP) is 1.31. The maximum atomic E-state index is 13.0. The van der Waals surface area contributed by atoms with Crippen molar-refractivity contribution in [3.63, 3.8) is 0 Å². The van der Waals surface area contributed by atoms with Gasteiger partial charge >= 0.3 is 0 Å². The van der Waals surface area contributed by atoms with Gasteiger partial charge in [-0.05, 0) is 17.7 Å². The second-order valence-corrected chi connectivity index (χ2v) is 6.86. The van der Waals surface area contributed by atoms with Gasteiger partial charge in [0.15, 0.2) is 0 Å². The topological polar surface area (TPSA) is 64.6 Å². The first-order valence-electron chi connectivity index (χ1n) is 5.97. The Morgan fingerprint density at radius 3 is 2.90 bits per heavy atom. The van der Waals surface area contributed by atoms with E-state index in [4.69, 9.17) is 21.1 Å². The van der Waals surface area contributed by atoms with Crippen LogP contribution in [0.4, 0.5) is 4.39 Å². The van der Waals surface area contributed by atoms with E-state index in [0.717, 1.165) is 0 Å². The first-order chi connectivity index (χ1) is 9.44. The van der Waals surface area contributed by atoms with Crippen LogP contribution in [-0.2, 0) is 26.0 Å². The number of nitrogens with one attached hydrogen (secondary N) is 1. The van der Waals surface area contributed by atoms with E-state index < -0.39 is 27.2 Å². The van der Waals surface area contributed by atoms with Gasteiger partial charge in [-0.15, -0.1) is 0 Å². The van der Waals surface area contributed by atoms with Crippen molar-refractivity contribution in [2.45, 2.75) is 17.9 Å². The molecule has 0 saturated carbocycles. The number of sulfonamides is 1. The first-order valence-corrected chi connectivity index (χ1v) is 7.89. The summed E-state index contributed by atoms with van der Waals surface area (Å²) < 4.78 is 50.0. The number of halogens is 2. The molecule has 0 amide bonds. The molecule has 0 radical (unpaired) electrons. The fraction of sp³-hybridized carbons (Fsp3) is 0.500. The van der Waals surface area contributed by atoms with Crippen molar-refractivity contribution in [2.75, 3.05) is 20.3 Å². The Morgan fingerprint density at radius 1 is 1.50 bits per heavy atom. The maximum absolute atomic E-state index is 13.0. The van der Waals surface area contributed by atoms with Crippen molar-refractivity contribution in [3.8, 4) is 0 Å². The molecule has 0 aromatic heterocycles. The number of hydrogen-bond donors (Lipinski definition) is 1. The zero-order chi connectivity index (χ0) is 14.8. The number of benzene rings is 1. The standard InChI is InChI=1S/C12H15ClFNO4S/c1-18-11-6-19-7-12(11)20(16,17)15-5-8-2-3-10(14)9(13)4-8/h2-4,11-12,15H,5-7H2,1H3. The molecule has 2 atom stereocenters. The molecule has 2 rings (SSSR count). The highest BCUT2D eigenvalue weighted by molar-refractivity contribution is 7.90. The van der Waals surface area contributed by atoms with Crippen LogP contribution in [0, 0.1) is 5.82 Å². The largest absolute Gasteiger partial charge is 0.378 e. The van der Waals surface area contributed by atoms with Gasteiger partial charge in [-0.2, -0.15) is 0 Å². The third-order valence-electron chi connectivity index (χ3n) is 3.14. The lowest BCUT2D eigenvalue weighted by Crippen LogP contribution is -2.41. The quantitative estimate of drug-likeness (QED) is 0.887. The van der Waals surface area contributed by atoms with Crippen LogP contribution in [0.15, 0.2) is 18.2 Å². The van der Waals surface area contributed by atoms with Crippen molar-refractivity contribution >= 4 is 21.6 Å². The summed E-state index contributed by atoms with van der Waals surface area (Å²) in [4.78, 5) is 0. The molecule has 0 bridgehead atoms. The normalized spacial score (nSPS) is 23.1. The van der Waals surface area contributed by atoms with Crippen LogP contribution < -0.4 is 4.72 Å². The minimum atomic E-state index is -3.58. The molecule has 1 aliphatic heterocycles. The van der Waals surface area contributed by atoms with Gasteiger partial charge in [0, 0.05) is 13.7 Å². The van der Waals surface area contributed by atoms with Gasteiger partial charge in [0.2, 0.25) is 10.0 Å². The number of rotatable bonds is 5. The summed E-state index contributed by atoms with van der Waals surface area (Å²) in [6.45, 7) is 0.387. The third kappa shape index (κ3) is 3.48. The van der Waals surface area contributed by atoms with Crippen LogP contribution >= 0.6 is 11.6 Å². The van der Waals surface area contributed by atoms with Crippen LogP contribution in [0.5, 0.6) is 0 Å². The number of ether oxygens (including phenoxy) is 2. The van der Waals surface area contributed by atoms with Gasteiger partial charge in [-0.1, -0.05) is 17.7 Å². The van der Waals surface area contributed by atoms with Crippen molar-refractivity contribution in [1.29, 1.82) is 0 Å². The maximum Gasteiger partial charge on any atom is 0.219 e. The summed E-state index contributed by atoms with van der Waals surface area (Å²) in [5.74, 6) is -0.540. The van der Waals surface area contributed by atoms with Crippen LogP contribution in [0.2, 0.25) is 5.02 Å². The van der Waals surface area contributed by atoms with Crippen LogP contribution in [-0.4, -0.2) is 40.1 Å². The molecule has 1 heterocycles. The average Bonchev–Trinajstić information content (AvgIpc) is 2.89. The molecule has 20 heavy (non-hydrogen) atoms. The highest BCUT2D eigenvalue weighted by atomic mass is 35.5. The number of methoxy groups -OCH3 is 1. The summed E-state index contributed by atoms with van der Waals surface area (Å²) >= 11 is 5.64. The molecule has 0 spiro atoms. The fourth-order valence-corrected chi connectivity index (χ4v) is 3.61. The molecular formula is C12H15ClFNO4S. The average molecular weight is 324 g/mol. The summed E-state index contributed by atoms with van der Waals surface area (Å²) in [7, 11) is -2.13. The molecule has 1 aromatic rings. The van der Waals surface area contributed by atoms with Crippen molar-refractivity contribution < 1.29 is 22.3 Å². The summed E-state index contributed by atoms with van der Waals surface area (Å²) in [5.41, 5.74) is 0.577. The van der Waals surface area contributed by atoms with Crippen molar-refractivity contribution in [1.82, 2.24) is 4.72 Å². The van der Waals surface area contributed by atoms with E-state index in [-0.39, 0.29) is 24.8 Å². The monoisotopic (exact) mass is 323 g/mol. The Kier molecular flexibility index (Phi) is 4.98. The van der Waals surface area contributed by atoms with E-state index in [1.807, 2.05) is 0 Å². The summed E-state index contributed by atoms with van der Waals surface area (Å²) in [6, 6.07) is 4.06. The lowest BCUT2D eigenvalue weighted by molar-refractivity contribution is 0.0828. The highest BCUT2D eigenvalue weighted by Gasteiger charge is 2.38. The first kappa shape index (κ1) is 15.7. The van der Waals surface area contributed by atoms with Gasteiger partial charge in [0.1, 0.15) is 17.2 Å². The lowest BCUT2D eigenvalue weighted by atomic mass is 10.2. The molecule has 112 valence electrons. The highest BCUT2D eigenvalue weighted by Crippen LogP contribution is 2.18. The Hall–Kier alpha value is -0.730. The van der Waals surface area contributed by atoms with Crippen LogP contribution in [0.3, 0.4) is 0 Å². The molecule has 0 aliphatic carbocycles. The predicted molar refractivity (Wildman–Crippen MR) is 72.6 cm³/mol. The Balaban J connectivity index is 2.03. The molecule has 2 unspecified atom stereocenters. The minimum absolute atomic E-state index is 0.0370. The zero-order valence-corrected chi connectivity index (χ0v) is 12.4. The molecule has 8 heteroatoms. The van der Waals surface area contributed by atoms with E-state index in [0.29, 0.717) is 5.56 Å². The zero-order valence-electron chi connectivity index (χ0n) is 10.8. The van der Waals surface area contributed by atoms with E-state index >= 15 is 0 Å². The molecule has 5 nitrogen and oxygen atoms in total. The molecule has 1 aliphatic rings. The Bertz CT molecular complexity index is 581. The van der Waals surface area contributed by atoms with E-state index in [1.54, 1.807) is 0 Å². The van der Waals surface area contributed by atoms with Gasteiger partial charge < -0.3 is 9.47 Å². The van der Waals surface area contributed by atoms with Gasteiger partial charge in [-0.3, -0.25) is 0 Å². The minimum Gasteiger partial charge on any atom is -0.378 e. The molecule has 1 saturated heterocycles.